The van der Waals surface area contributed by atoms with Gasteiger partial charge in [-0.3, -0.25) is 4.79 Å². The summed E-state index contributed by atoms with van der Waals surface area (Å²) in [5, 5.41) is 0. The van der Waals surface area contributed by atoms with Gasteiger partial charge >= 0.3 is 0 Å². The summed E-state index contributed by atoms with van der Waals surface area (Å²) in [6.07, 6.45) is 2.39. The van der Waals surface area contributed by atoms with E-state index in [1.807, 2.05) is 25.1 Å². The minimum absolute atomic E-state index is 0.362. The maximum Gasteiger partial charge on any atom is 0.133 e. The van der Waals surface area contributed by atoms with Crippen LogP contribution in [0.15, 0.2) is 30.3 Å². The number of ketones is 1. The lowest BCUT2D eigenvalue weighted by atomic mass is 9.91. The van der Waals surface area contributed by atoms with Gasteiger partial charge < -0.3 is 0 Å². The first kappa shape index (κ1) is 11.0. The number of carbonyl (C=O) groups is 1. The standard InChI is InChI=1S/C13H18O/c1-3-11(10-13(14)4-2)12-8-6-5-7-9-12/h5-9,11H,3-4,10H2,1-2H3/t11-/m0/s1. The molecule has 1 rings (SSSR count). The lowest BCUT2D eigenvalue weighted by molar-refractivity contribution is -0.119. The molecule has 0 aliphatic carbocycles. The topological polar surface area (TPSA) is 17.1 Å². The van der Waals surface area contributed by atoms with Gasteiger partial charge in [0.1, 0.15) is 5.78 Å². The zero-order valence-electron chi connectivity index (χ0n) is 8.99. The van der Waals surface area contributed by atoms with Crippen LogP contribution in [0.5, 0.6) is 0 Å². The van der Waals surface area contributed by atoms with E-state index in [0.29, 0.717) is 24.5 Å². The van der Waals surface area contributed by atoms with Crippen molar-refractivity contribution in [2.45, 2.75) is 39.0 Å². The van der Waals surface area contributed by atoms with Gasteiger partial charge in [0.15, 0.2) is 0 Å². The summed E-state index contributed by atoms with van der Waals surface area (Å²) in [6, 6.07) is 10.3. The average Bonchev–Trinajstić information content (AvgIpc) is 2.26. The summed E-state index contributed by atoms with van der Waals surface area (Å²) in [5.41, 5.74) is 1.29. The molecule has 0 saturated carbocycles. The van der Waals surface area contributed by atoms with Crippen molar-refractivity contribution < 1.29 is 4.79 Å². The Hall–Kier alpha value is -1.11. The summed E-state index contributed by atoms with van der Waals surface area (Å²) in [7, 11) is 0. The third-order valence-corrected chi connectivity index (χ3v) is 2.63. The van der Waals surface area contributed by atoms with Crippen molar-refractivity contribution >= 4 is 5.78 Å². The van der Waals surface area contributed by atoms with Gasteiger partial charge in [0.2, 0.25) is 0 Å². The van der Waals surface area contributed by atoms with Crippen LogP contribution in [-0.4, -0.2) is 5.78 Å². The van der Waals surface area contributed by atoms with Gasteiger partial charge in [-0.2, -0.15) is 0 Å². The molecule has 1 atom stereocenters. The molecule has 0 bridgehead atoms. The Bertz CT molecular complexity index is 277. The smallest absolute Gasteiger partial charge is 0.133 e. The predicted molar refractivity (Wildman–Crippen MR) is 59.4 cm³/mol. The van der Waals surface area contributed by atoms with E-state index in [0.717, 1.165) is 6.42 Å². The van der Waals surface area contributed by atoms with Crippen LogP contribution in [0.25, 0.3) is 0 Å². The lowest BCUT2D eigenvalue weighted by Gasteiger charge is -2.13. The molecule has 0 heterocycles. The fourth-order valence-corrected chi connectivity index (χ4v) is 1.64. The fraction of sp³-hybridized carbons (Fsp3) is 0.462. The molecule has 14 heavy (non-hydrogen) atoms. The van der Waals surface area contributed by atoms with E-state index in [2.05, 4.69) is 19.1 Å². The Morgan fingerprint density at radius 2 is 1.86 bits per heavy atom. The van der Waals surface area contributed by atoms with Crippen LogP contribution in [0.2, 0.25) is 0 Å². The number of carbonyl (C=O) groups excluding carboxylic acids is 1. The van der Waals surface area contributed by atoms with Crippen LogP contribution in [0, 0.1) is 0 Å². The second-order valence-electron chi connectivity index (χ2n) is 3.61. The van der Waals surface area contributed by atoms with Gasteiger partial charge in [0, 0.05) is 12.8 Å². The van der Waals surface area contributed by atoms with E-state index in [-0.39, 0.29) is 0 Å². The first-order valence-corrected chi connectivity index (χ1v) is 5.34. The third-order valence-electron chi connectivity index (χ3n) is 2.63. The molecule has 0 aliphatic rings. The maximum atomic E-state index is 11.4. The highest BCUT2D eigenvalue weighted by Gasteiger charge is 2.12. The van der Waals surface area contributed by atoms with Gasteiger partial charge in [-0.15, -0.1) is 0 Å². The SMILES string of the molecule is CCC(=O)C[C@H](CC)c1ccccc1. The molecule has 1 nitrogen and oxygen atoms in total. The van der Waals surface area contributed by atoms with Crippen LogP contribution in [0.1, 0.15) is 44.6 Å². The molecule has 0 amide bonds. The number of benzene rings is 1. The zero-order chi connectivity index (χ0) is 10.4. The molecule has 0 saturated heterocycles. The highest BCUT2D eigenvalue weighted by atomic mass is 16.1. The van der Waals surface area contributed by atoms with Gasteiger partial charge in [0.25, 0.3) is 0 Å². The summed E-state index contributed by atoms with van der Waals surface area (Å²) in [4.78, 5) is 11.4. The van der Waals surface area contributed by atoms with E-state index < -0.39 is 0 Å². The molecule has 0 radical (unpaired) electrons. The second-order valence-corrected chi connectivity index (χ2v) is 3.61. The van der Waals surface area contributed by atoms with Crippen molar-refractivity contribution in [2.24, 2.45) is 0 Å². The largest absolute Gasteiger partial charge is 0.300 e. The molecule has 0 aliphatic heterocycles. The van der Waals surface area contributed by atoms with E-state index in [4.69, 9.17) is 0 Å². The van der Waals surface area contributed by atoms with Gasteiger partial charge in [-0.25, -0.2) is 0 Å². The van der Waals surface area contributed by atoms with Crippen LogP contribution < -0.4 is 0 Å². The van der Waals surface area contributed by atoms with Crippen LogP contribution in [-0.2, 0) is 4.79 Å². The fourth-order valence-electron chi connectivity index (χ4n) is 1.64. The highest BCUT2D eigenvalue weighted by Crippen LogP contribution is 2.23. The van der Waals surface area contributed by atoms with Crippen LogP contribution in [0.3, 0.4) is 0 Å². The lowest BCUT2D eigenvalue weighted by Crippen LogP contribution is -2.05. The highest BCUT2D eigenvalue weighted by molar-refractivity contribution is 5.78. The Balaban J connectivity index is 2.68. The van der Waals surface area contributed by atoms with Crippen molar-refractivity contribution in [1.29, 1.82) is 0 Å². The predicted octanol–water partition coefficient (Wildman–Crippen LogP) is 3.55. The molecule has 0 unspecified atom stereocenters. The van der Waals surface area contributed by atoms with Gasteiger partial charge in [-0.05, 0) is 17.9 Å². The molecular weight excluding hydrogens is 172 g/mol. The minimum atomic E-state index is 0.362. The van der Waals surface area contributed by atoms with E-state index in [1.54, 1.807) is 0 Å². The number of hydrogen-bond acceptors (Lipinski definition) is 1. The number of rotatable bonds is 5. The molecule has 1 aromatic carbocycles. The van der Waals surface area contributed by atoms with Crippen molar-refractivity contribution in [2.75, 3.05) is 0 Å². The summed E-state index contributed by atoms with van der Waals surface area (Å²) in [5.74, 6) is 0.768. The normalized spacial score (nSPS) is 12.4. The summed E-state index contributed by atoms with van der Waals surface area (Å²) in [6.45, 7) is 4.07. The number of Topliss-reactive ketones (excluding diaryl/α,β-unsaturated/α-hetero) is 1. The molecule has 1 aromatic rings. The van der Waals surface area contributed by atoms with Crippen molar-refractivity contribution in [3.63, 3.8) is 0 Å². The molecule has 0 aromatic heterocycles. The monoisotopic (exact) mass is 190 g/mol. The minimum Gasteiger partial charge on any atom is -0.300 e. The number of hydrogen-bond donors (Lipinski definition) is 0. The van der Waals surface area contributed by atoms with Crippen molar-refractivity contribution in [3.8, 4) is 0 Å². The Labute approximate surface area is 86.1 Å². The summed E-state index contributed by atoms with van der Waals surface area (Å²) < 4.78 is 0. The van der Waals surface area contributed by atoms with Crippen LogP contribution >= 0.6 is 0 Å². The summed E-state index contributed by atoms with van der Waals surface area (Å²) >= 11 is 0. The zero-order valence-corrected chi connectivity index (χ0v) is 8.99. The van der Waals surface area contributed by atoms with E-state index in [1.165, 1.54) is 5.56 Å². The average molecular weight is 190 g/mol. The maximum absolute atomic E-state index is 11.4. The third kappa shape index (κ3) is 2.99. The van der Waals surface area contributed by atoms with E-state index >= 15 is 0 Å². The molecule has 0 fully saturated rings. The first-order valence-electron chi connectivity index (χ1n) is 5.34. The molecule has 0 spiro atoms. The van der Waals surface area contributed by atoms with Gasteiger partial charge in [0.05, 0.1) is 0 Å². The van der Waals surface area contributed by atoms with Gasteiger partial charge in [-0.1, -0.05) is 44.2 Å². The van der Waals surface area contributed by atoms with Crippen LogP contribution in [0.4, 0.5) is 0 Å². The Kier molecular flexibility index (Phi) is 4.37. The first-order chi connectivity index (χ1) is 6.77. The Morgan fingerprint density at radius 1 is 1.21 bits per heavy atom. The van der Waals surface area contributed by atoms with Crippen molar-refractivity contribution in [1.82, 2.24) is 0 Å². The van der Waals surface area contributed by atoms with E-state index in [9.17, 15) is 4.79 Å². The molecule has 76 valence electrons. The molecular formula is C13H18O. The van der Waals surface area contributed by atoms with Crippen molar-refractivity contribution in [3.05, 3.63) is 35.9 Å². The second kappa shape index (κ2) is 5.58. The quantitative estimate of drug-likeness (QED) is 0.694. The Morgan fingerprint density at radius 3 is 2.36 bits per heavy atom. The molecule has 0 N–H and O–H groups in total. The molecule has 1 heteroatoms.